The molecule has 1 heterocycles. The Balaban J connectivity index is 1.86. The number of aliphatic hydroxyl groups excluding tert-OH is 1. The molecule has 2 rings (SSSR count). The predicted octanol–water partition coefficient (Wildman–Crippen LogP) is 1.08. The van der Waals surface area contributed by atoms with Gasteiger partial charge in [0, 0.05) is 19.3 Å². The SMILES string of the molecule is OCCNCc1ccn(C2CCCC2)n1. The Kier molecular flexibility index (Phi) is 3.75. The topological polar surface area (TPSA) is 50.1 Å². The van der Waals surface area contributed by atoms with E-state index in [9.17, 15) is 0 Å². The minimum absolute atomic E-state index is 0.184. The minimum atomic E-state index is 0.184. The van der Waals surface area contributed by atoms with Crippen molar-refractivity contribution in [2.75, 3.05) is 13.2 Å². The summed E-state index contributed by atoms with van der Waals surface area (Å²) in [6.07, 6.45) is 7.29. The Bertz CT molecular complexity index is 292. The Labute approximate surface area is 90.3 Å². The summed E-state index contributed by atoms with van der Waals surface area (Å²) >= 11 is 0. The maximum atomic E-state index is 8.63. The van der Waals surface area contributed by atoms with E-state index in [2.05, 4.69) is 27.4 Å². The molecule has 0 radical (unpaired) electrons. The third kappa shape index (κ3) is 2.79. The van der Waals surface area contributed by atoms with Gasteiger partial charge in [-0.2, -0.15) is 5.10 Å². The Morgan fingerprint density at radius 2 is 2.27 bits per heavy atom. The molecule has 1 aromatic heterocycles. The van der Waals surface area contributed by atoms with Crippen LogP contribution in [0.2, 0.25) is 0 Å². The van der Waals surface area contributed by atoms with Crippen LogP contribution in [0.15, 0.2) is 12.3 Å². The summed E-state index contributed by atoms with van der Waals surface area (Å²) in [5, 5.41) is 16.3. The molecule has 4 heteroatoms. The lowest BCUT2D eigenvalue weighted by Gasteiger charge is -2.08. The minimum Gasteiger partial charge on any atom is -0.395 e. The Hall–Kier alpha value is -0.870. The third-order valence-electron chi connectivity index (χ3n) is 2.96. The van der Waals surface area contributed by atoms with E-state index in [1.165, 1.54) is 25.7 Å². The maximum Gasteiger partial charge on any atom is 0.0762 e. The zero-order valence-corrected chi connectivity index (χ0v) is 9.02. The van der Waals surface area contributed by atoms with Crippen molar-refractivity contribution in [3.8, 4) is 0 Å². The van der Waals surface area contributed by atoms with Crippen molar-refractivity contribution in [2.45, 2.75) is 38.3 Å². The first kappa shape index (κ1) is 10.6. The van der Waals surface area contributed by atoms with Gasteiger partial charge in [-0.1, -0.05) is 12.8 Å². The Morgan fingerprint density at radius 3 is 3.00 bits per heavy atom. The van der Waals surface area contributed by atoms with Crippen LogP contribution in [0.4, 0.5) is 0 Å². The lowest BCUT2D eigenvalue weighted by atomic mass is 10.3. The van der Waals surface area contributed by atoms with Gasteiger partial charge in [0.25, 0.3) is 0 Å². The predicted molar refractivity (Wildman–Crippen MR) is 58.5 cm³/mol. The second-order valence-electron chi connectivity index (χ2n) is 4.13. The molecule has 1 aliphatic rings. The number of hydrogen-bond donors (Lipinski definition) is 2. The van der Waals surface area contributed by atoms with Gasteiger partial charge in [0.1, 0.15) is 0 Å². The van der Waals surface area contributed by atoms with Crippen LogP contribution in [-0.4, -0.2) is 28.0 Å². The molecule has 0 atom stereocenters. The number of rotatable bonds is 5. The Morgan fingerprint density at radius 1 is 1.47 bits per heavy atom. The van der Waals surface area contributed by atoms with Gasteiger partial charge in [-0.05, 0) is 18.9 Å². The molecule has 15 heavy (non-hydrogen) atoms. The van der Waals surface area contributed by atoms with E-state index in [0.29, 0.717) is 12.6 Å². The second kappa shape index (κ2) is 5.28. The number of aliphatic hydroxyl groups is 1. The van der Waals surface area contributed by atoms with E-state index >= 15 is 0 Å². The summed E-state index contributed by atoms with van der Waals surface area (Å²) in [6.45, 7) is 1.57. The molecule has 0 amide bonds. The molecule has 1 aliphatic carbocycles. The average Bonchev–Trinajstić information content (AvgIpc) is 2.87. The lowest BCUT2D eigenvalue weighted by molar-refractivity contribution is 0.291. The molecule has 0 aromatic carbocycles. The van der Waals surface area contributed by atoms with Gasteiger partial charge in [-0.15, -0.1) is 0 Å². The molecule has 84 valence electrons. The van der Waals surface area contributed by atoms with E-state index in [1.807, 2.05) is 0 Å². The van der Waals surface area contributed by atoms with E-state index in [1.54, 1.807) is 0 Å². The fourth-order valence-corrected chi connectivity index (χ4v) is 2.14. The van der Waals surface area contributed by atoms with Crippen molar-refractivity contribution in [3.63, 3.8) is 0 Å². The van der Waals surface area contributed by atoms with Crippen LogP contribution in [0.1, 0.15) is 37.4 Å². The number of hydrogen-bond acceptors (Lipinski definition) is 3. The van der Waals surface area contributed by atoms with Crippen molar-refractivity contribution in [1.82, 2.24) is 15.1 Å². The normalized spacial score (nSPS) is 17.4. The molecular weight excluding hydrogens is 190 g/mol. The summed E-state index contributed by atoms with van der Waals surface area (Å²) in [4.78, 5) is 0. The zero-order valence-electron chi connectivity index (χ0n) is 9.02. The fourth-order valence-electron chi connectivity index (χ4n) is 2.14. The van der Waals surface area contributed by atoms with Crippen molar-refractivity contribution in [3.05, 3.63) is 18.0 Å². The smallest absolute Gasteiger partial charge is 0.0762 e. The van der Waals surface area contributed by atoms with Crippen molar-refractivity contribution in [1.29, 1.82) is 0 Å². The molecule has 0 unspecified atom stereocenters. The molecule has 0 spiro atoms. The van der Waals surface area contributed by atoms with Gasteiger partial charge in [-0.3, -0.25) is 4.68 Å². The zero-order chi connectivity index (χ0) is 10.5. The van der Waals surface area contributed by atoms with Crippen LogP contribution >= 0.6 is 0 Å². The first-order valence-corrected chi connectivity index (χ1v) is 5.76. The first-order chi connectivity index (χ1) is 7.40. The van der Waals surface area contributed by atoms with Gasteiger partial charge in [0.2, 0.25) is 0 Å². The van der Waals surface area contributed by atoms with Crippen LogP contribution < -0.4 is 5.32 Å². The summed E-state index contributed by atoms with van der Waals surface area (Å²) in [5.41, 5.74) is 1.07. The van der Waals surface area contributed by atoms with Crippen molar-refractivity contribution in [2.24, 2.45) is 0 Å². The van der Waals surface area contributed by atoms with Crippen molar-refractivity contribution >= 4 is 0 Å². The summed E-state index contributed by atoms with van der Waals surface area (Å²) in [5.74, 6) is 0. The van der Waals surface area contributed by atoms with Gasteiger partial charge >= 0.3 is 0 Å². The first-order valence-electron chi connectivity index (χ1n) is 5.76. The highest BCUT2D eigenvalue weighted by molar-refractivity contribution is 4.99. The monoisotopic (exact) mass is 209 g/mol. The van der Waals surface area contributed by atoms with Gasteiger partial charge in [0.15, 0.2) is 0 Å². The summed E-state index contributed by atoms with van der Waals surface area (Å²) in [6, 6.07) is 2.68. The number of aromatic nitrogens is 2. The van der Waals surface area contributed by atoms with E-state index in [-0.39, 0.29) is 6.61 Å². The molecule has 4 nitrogen and oxygen atoms in total. The van der Waals surface area contributed by atoms with Crippen LogP contribution in [-0.2, 0) is 6.54 Å². The summed E-state index contributed by atoms with van der Waals surface area (Å²) < 4.78 is 2.10. The van der Waals surface area contributed by atoms with Crippen LogP contribution in [0.5, 0.6) is 0 Å². The maximum absolute atomic E-state index is 8.63. The summed E-state index contributed by atoms with van der Waals surface area (Å²) in [7, 11) is 0. The number of nitrogens with zero attached hydrogens (tertiary/aromatic N) is 2. The fraction of sp³-hybridized carbons (Fsp3) is 0.727. The molecule has 2 N–H and O–H groups in total. The molecular formula is C11H19N3O. The molecule has 1 saturated carbocycles. The van der Waals surface area contributed by atoms with Crippen molar-refractivity contribution < 1.29 is 5.11 Å². The van der Waals surface area contributed by atoms with E-state index in [4.69, 9.17) is 5.11 Å². The highest BCUT2D eigenvalue weighted by Gasteiger charge is 2.17. The van der Waals surface area contributed by atoms with E-state index < -0.39 is 0 Å². The largest absolute Gasteiger partial charge is 0.395 e. The van der Waals surface area contributed by atoms with Crippen LogP contribution in [0.3, 0.4) is 0 Å². The lowest BCUT2D eigenvalue weighted by Crippen LogP contribution is -2.18. The third-order valence-corrected chi connectivity index (χ3v) is 2.96. The molecule has 0 aliphatic heterocycles. The van der Waals surface area contributed by atoms with Crippen LogP contribution in [0.25, 0.3) is 0 Å². The van der Waals surface area contributed by atoms with Gasteiger partial charge in [0.05, 0.1) is 18.3 Å². The standard InChI is InChI=1S/C11H19N3O/c15-8-6-12-9-10-5-7-14(13-10)11-3-1-2-4-11/h5,7,11-12,15H,1-4,6,8-9H2. The van der Waals surface area contributed by atoms with Crippen LogP contribution in [0, 0.1) is 0 Å². The molecule has 1 fully saturated rings. The highest BCUT2D eigenvalue weighted by Crippen LogP contribution is 2.28. The molecule has 0 bridgehead atoms. The quantitative estimate of drug-likeness (QED) is 0.713. The highest BCUT2D eigenvalue weighted by atomic mass is 16.3. The molecule has 1 aromatic rings. The number of nitrogens with one attached hydrogen (secondary N) is 1. The second-order valence-corrected chi connectivity index (χ2v) is 4.13. The average molecular weight is 209 g/mol. The van der Waals surface area contributed by atoms with E-state index in [0.717, 1.165) is 12.2 Å². The molecule has 0 saturated heterocycles. The van der Waals surface area contributed by atoms with Gasteiger partial charge in [-0.25, -0.2) is 0 Å². The van der Waals surface area contributed by atoms with Gasteiger partial charge < -0.3 is 10.4 Å².